The molecule has 4 nitrogen and oxygen atoms in total. The smallest absolute Gasteiger partial charge is 0.260 e. The van der Waals surface area contributed by atoms with E-state index in [2.05, 4.69) is 5.32 Å². The Kier molecular flexibility index (Phi) is 6.36. The molecule has 1 amide bonds. The van der Waals surface area contributed by atoms with Crippen LogP contribution in [-0.4, -0.2) is 43.6 Å². The Bertz CT molecular complexity index is 499. The number of hydrogen-bond acceptors (Lipinski definition) is 3. The van der Waals surface area contributed by atoms with Crippen molar-refractivity contribution in [1.82, 2.24) is 10.2 Å². The highest BCUT2D eigenvalue weighted by Crippen LogP contribution is 2.27. The molecule has 0 radical (unpaired) electrons. The summed E-state index contributed by atoms with van der Waals surface area (Å²) in [6.45, 7) is 3.95. The molecular weight excluding hydrogens is 323 g/mol. The van der Waals surface area contributed by atoms with Crippen molar-refractivity contribution >= 4 is 29.9 Å². The third-order valence-electron chi connectivity index (χ3n) is 4.56. The number of hydrogen-bond donors (Lipinski definition) is 1. The molecule has 2 aliphatic heterocycles. The molecule has 2 aliphatic rings. The standard InChI is InChI=1S/C16H21ClN2O2.ClH/c17-14-3-1-2-4-15(14)21-11-16(20)19-7-5-12-9-18-10-13(12)6-8-19;/h1-4,12-13,18H,5-11H2;1H/t12-,13+;. The molecule has 0 bridgehead atoms. The maximum Gasteiger partial charge on any atom is 0.260 e. The monoisotopic (exact) mass is 344 g/mol. The average molecular weight is 345 g/mol. The lowest BCUT2D eigenvalue weighted by atomic mass is 9.92. The summed E-state index contributed by atoms with van der Waals surface area (Å²) in [5, 5.41) is 3.99. The molecule has 2 atom stereocenters. The molecule has 6 heteroatoms. The first kappa shape index (κ1) is 17.4. The summed E-state index contributed by atoms with van der Waals surface area (Å²) in [7, 11) is 0. The van der Waals surface area contributed by atoms with Crippen LogP contribution in [0, 0.1) is 11.8 Å². The van der Waals surface area contributed by atoms with Gasteiger partial charge in [-0.3, -0.25) is 4.79 Å². The number of rotatable bonds is 3. The molecule has 1 aromatic carbocycles. The molecule has 0 saturated carbocycles. The quantitative estimate of drug-likeness (QED) is 0.916. The van der Waals surface area contributed by atoms with Gasteiger partial charge in [0.2, 0.25) is 0 Å². The molecule has 0 spiro atoms. The van der Waals surface area contributed by atoms with Crippen LogP contribution < -0.4 is 10.1 Å². The minimum absolute atomic E-state index is 0. The van der Waals surface area contributed by atoms with E-state index in [9.17, 15) is 4.79 Å². The number of nitrogens with one attached hydrogen (secondary N) is 1. The highest BCUT2D eigenvalue weighted by Gasteiger charge is 2.31. The molecule has 2 saturated heterocycles. The molecule has 1 N–H and O–H groups in total. The number of fused-ring (bicyclic) bond motifs is 1. The fraction of sp³-hybridized carbons (Fsp3) is 0.562. The van der Waals surface area contributed by atoms with Crippen molar-refractivity contribution in [3.63, 3.8) is 0 Å². The average Bonchev–Trinajstić information content (AvgIpc) is 2.85. The van der Waals surface area contributed by atoms with E-state index >= 15 is 0 Å². The second kappa shape index (κ2) is 8.04. The van der Waals surface area contributed by atoms with Crippen LogP contribution in [0.2, 0.25) is 5.02 Å². The highest BCUT2D eigenvalue weighted by molar-refractivity contribution is 6.32. The van der Waals surface area contributed by atoms with Gasteiger partial charge < -0.3 is 15.0 Å². The number of carbonyl (C=O) groups excluding carboxylic acids is 1. The predicted molar refractivity (Wildman–Crippen MR) is 89.9 cm³/mol. The van der Waals surface area contributed by atoms with Crippen LogP contribution in [0.3, 0.4) is 0 Å². The maximum atomic E-state index is 12.3. The normalized spacial score (nSPS) is 24.1. The molecule has 2 heterocycles. The Morgan fingerprint density at radius 2 is 1.86 bits per heavy atom. The molecular formula is C16H22Cl2N2O2. The van der Waals surface area contributed by atoms with Crippen molar-refractivity contribution in [3.05, 3.63) is 29.3 Å². The van der Waals surface area contributed by atoms with Crippen molar-refractivity contribution in [1.29, 1.82) is 0 Å². The molecule has 22 heavy (non-hydrogen) atoms. The molecule has 2 fully saturated rings. The third kappa shape index (κ3) is 4.06. The second-order valence-electron chi connectivity index (χ2n) is 5.86. The molecule has 1 aromatic rings. The van der Waals surface area contributed by atoms with Crippen LogP contribution >= 0.6 is 24.0 Å². The Balaban J connectivity index is 0.00000176. The minimum Gasteiger partial charge on any atom is -0.482 e. The van der Waals surface area contributed by atoms with Crippen molar-refractivity contribution in [3.8, 4) is 5.75 Å². The lowest BCUT2D eigenvalue weighted by molar-refractivity contribution is -0.133. The number of para-hydroxylation sites is 1. The van der Waals surface area contributed by atoms with Crippen LogP contribution in [0.5, 0.6) is 5.75 Å². The van der Waals surface area contributed by atoms with Crippen molar-refractivity contribution in [2.45, 2.75) is 12.8 Å². The number of benzene rings is 1. The molecule has 0 aromatic heterocycles. The van der Waals surface area contributed by atoms with E-state index in [-0.39, 0.29) is 24.9 Å². The fourth-order valence-electron chi connectivity index (χ4n) is 3.26. The summed E-state index contributed by atoms with van der Waals surface area (Å²) in [6.07, 6.45) is 2.19. The Morgan fingerprint density at radius 3 is 2.50 bits per heavy atom. The second-order valence-corrected chi connectivity index (χ2v) is 6.26. The van der Waals surface area contributed by atoms with Gasteiger partial charge >= 0.3 is 0 Å². The van der Waals surface area contributed by atoms with E-state index in [1.807, 2.05) is 17.0 Å². The topological polar surface area (TPSA) is 41.6 Å². The number of halogens is 2. The third-order valence-corrected chi connectivity index (χ3v) is 4.87. The summed E-state index contributed by atoms with van der Waals surface area (Å²) < 4.78 is 5.55. The van der Waals surface area contributed by atoms with Gasteiger partial charge in [0.1, 0.15) is 5.75 Å². The van der Waals surface area contributed by atoms with E-state index < -0.39 is 0 Å². The van der Waals surface area contributed by atoms with Crippen molar-refractivity contribution in [2.75, 3.05) is 32.8 Å². The number of nitrogens with zero attached hydrogens (tertiary/aromatic N) is 1. The van der Waals surface area contributed by atoms with E-state index in [0.717, 1.165) is 50.9 Å². The van der Waals surface area contributed by atoms with Crippen molar-refractivity contribution < 1.29 is 9.53 Å². The predicted octanol–water partition coefficient (Wildman–Crippen LogP) is 2.60. The fourth-order valence-corrected chi connectivity index (χ4v) is 3.45. The van der Waals surface area contributed by atoms with E-state index in [4.69, 9.17) is 16.3 Å². The maximum absolute atomic E-state index is 12.3. The first-order valence-electron chi connectivity index (χ1n) is 7.60. The zero-order valence-corrected chi connectivity index (χ0v) is 14.0. The van der Waals surface area contributed by atoms with E-state index in [0.29, 0.717) is 10.8 Å². The lowest BCUT2D eigenvalue weighted by Crippen LogP contribution is -2.36. The van der Waals surface area contributed by atoms with Crippen molar-refractivity contribution in [2.24, 2.45) is 11.8 Å². The van der Waals surface area contributed by atoms with Gasteiger partial charge in [-0.2, -0.15) is 0 Å². The Morgan fingerprint density at radius 1 is 1.23 bits per heavy atom. The lowest BCUT2D eigenvalue weighted by Gasteiger charge is -2.21. The van der Waals surface area contributed by atoms with Gasteiger partial charge in [-0.25, -0.2) is 0 Å². The molecule has 0 unspecified atom stereocenters. The van der Waals surface area contributed by atoms with Crippen LogP contribution in [0.15, 0.2) is 24.3 Å². The largest absolute Gasteiger partial charge is 0.482 e. The van der Waals surface area contributed by atoms with Gasteiger partial charge in [0, 0.05) is 13.1 Å². The Hall–Kier alpha value is -0.970. The van der Waals surface area contributed by atoms with Crippen LogP contribution in [-0.2, 0) is 4.79 Å². The van der Waals surface area contributed by atoms with Crippen LogP contribution in [0.1, 0.15) is 12.8 Å². The summed E-state index contributed by atoms with van der Waals surface area (Å²) in [5.41, 5.74) is 0. The molecule has 122 valence electrons. The first-order chi connectivity index (χ1) is 10.2. The summed E-state index contributed by atoms with van der Waals surface area (Å²) in [5.74, 6) is 2.09. The van der Waals surface area contributed by atoms with E-state index in [1.165, 1.54) is 0 Å². The zero-order valence-electron chi connectivity index (χ0n) is 12.5. The van der Waals surface area contributed by atoms with Gasteiger partial charge in [0.15, 0.2) is 6.61 Å². The van der Waals surface area contributed by atoms with Crippen LogP contribution in [0.25, 0.3) is 0 Å². The summed E-state index contributed by atoms with van der Waals surface area (Å²) in [6, 6.07) is 7.25. The number of ether oxygens (including phenoxy) is 1. The highest BCUT2D eigenvalue weighted by atomic mass is 35.5. The van der Waals surface area contributed by atoms with Gasteiger partial charge in [0.05, 0.1) is 5.02 Å². The first-order valence-corrected chi connectivity index (χ1v) is 7.97. The summed E-state index contributed by atoms with van der Waals surface area (Å²) in [4.78, 5) is 14.2. The van der Waals surface area contributed by atoms with E-state index in [1.54, 1.807) is 12.1 Å². The Labute approximate surface area is 142 Å². The molecule has 3 rings (SSSR count). The van der Waals surface area contributed by atoms with Crippen LogP contribution in [0.4, 0.5) is 0 Å². The zero-order chi connectivity index (χ0) is 14.7. The number of carbonyl (C=O) groups is 1. The van der Waals surface area contributed by atoms with Gasteiger partial charge in [-0.1, -0.05) is 23.7 Å². The van der Waals surface area contributed by atoms with Gasteiger partial charge in [-0.15, -0.1) is 12.4 Å². The summed E-state index contributed by atoms with van der Waals surface area (Å²) >= 11 is 6.03. The molecule has 0 aliphatic carbocycles. The number of amides is 1. The minimum atomic E-state index is 0. The SMILES string of the molecule is Cl.O=C(COc1ccccc1Cl)N1CC[C@@H]2CNC[C@@H]2CC1. The van der Waals surface area contributed by atoms with Gasteiger partial charge in [-0.05, 0) is 49.9 Å². The number of likely N-dealkylation sites (tertiary alicyclic amines) is 1. The van der Waals surface area contributed by atoms with Gasteiger partial charge in [0.25, 0.3) is 5.91 Å².